The maximum absolute atomic E-state index is 5.44. The molecule has 0 unspecified atom stereocenters. The largest absolute Gasteiger partial charge is 0.402 e. The van der Waals surface area contributed by atoms with Crippen molar-refractivity contribution in [3.63, 3.8) is 0 Å². The van der Waals surface area contributed by atoms with Crippen molar-refractivity contribution in [2.45, 2.75) is 19.8 Å². The van der Waals surface area contributed by atoms with E-state index in [4.69, 9.17) is 5.73 Å². The summed E-state index contributed by atoms with van der Waals surface area (Å²) in [4.78, 5) is 0. The summed E-state index contributed by atoms with van der Waals surface area (Å²) in [5.74, 6) is 0. The molecule has 1 heteroatoms. The molecule has 0 radical (unpaired) electrons. The predicted molar refractivity (Wildman–Crippen MR) is 30.7 cm³/mol. The van der Waals surface area contributed by atoms with Crippen LogP contribution >= 0.6 is 0 Å². The van der Waals surface area contributed by atoms with Gasteiger partial charge in [0.1, 0.15) is 0 Å². The van der Waals surface area contributed by atoms with E-state index in [1.165, 1.54) is 12.8 Å². The Hall–Kier alpha value is -0.460. The molecule has 1 aliphatic carbocycles. The molecule has 1 aliphatic rings. The Bertz CT molecular complexity index is 101. The molecule has 0 bridgehead atoms. The summed E-state index contributed by atoms with van der Waals surface area (Å²) in [6, 6.07) is 0. The summed E-state index contributed by atoms with van der Waals surface area (Å²) in [7, 11) is 0. The minimum atomic E-state index is 0.333. The van der Waals surface area contributed by atoms with Crippen LogP contribution in [-0.4, -0.2) is 0 Å². The van der Waals surface area contributed by atoms with E-state index in [2.05, 4.69) is 13.5 Å². The van der Waals surface area contributed by atoms with Crippen LogP contribution in [0.15, 0.2) is 12.3 Å². The Morgan fingerprint density at radius 3 is 2.14 bits per heavy atom. The molecule has 2 N–H and O–H groups in total. The molecular formula is C6H11N. The molecule has 1 fully saturated rings. The first kappa shape index (κ1) is 4.69. The van der Waals surface area contributed by atoms with Crippen molar-refractivity contribution in [3.05, 3.63) is 12.3 Å². The molecule has 0 saturated heterocycles. The number of nitrogens with two attached hydrogens (primary N) is 1. The van der Waals surface area contributed by atoms with E-state index in [9.17, 15) is 0 Å². The van der Waals surface area contributed by atoms with Gasteiger partial charge in [0.05, 0.1) is 0 Å². The molecular weight excluding hydrogens is 86.1 g/mol. The van der Waals surface area contributed by atoms with Gasteiger partial charge in [-0.25, -0.2) is 0 Å². The van der Waals surface area contributed by atoms with Crippen molar-refractivity contribution >= 4 is 0 Å². The van der Waals surface area contributed by atoms with E-state index in [1.54, 1.807) is 0 Å². The molecule has 7 heavy (non-hydrogen) atoms. The molecule has 0 spiro atoms. The van der Waals surface area contributed by atoms with Crippen LogP contribution in [0, 0.1) is 5.41 Å². The average molecular weight is 97.2 g/mol. The van der Waals surface area contributed by atoms with Gasteiger partial charge in [0.15, 0.2) is 0 Å². The molecule has 0 aromatic heterocycles. The summed E-state index contributed by atoms with van der Waals surface area (Å²) in [6.07, 6.45) is 2.48. The zero-order valence-corrected chi connectivity index (χ0v) is 4.70. The van der Waals surface area contributed by atoms with Crippen LogP contribution in [0.2, 0.25) is 0 Å². The second kappa shape index (κ2) is 1.03. The molecule has 0 amide bonds. The van der Waals surface area contributed by atoms with Crippen LogP contribution in [0.1, 0.15) is 19.8 Å². The van der Waals surface area contributed by atoms with Crippen LogP contribution < -0.4 is 5.73 Å². The fourth-order valence-corrected chi connectivity index (χ4v) is 0.509. The summed E-state index contributed by atoms with van der Waals surface area (Å²) >= 11 is 0. The summed E-state index contributed by atoms with van der Waals surface area (Å²) in [6.45, 7) is 5.81. The predicted octanol–water partition coefficient (Wildman–Crippen LogP) is 1.26. The second-order valence-corrected chi connectivity index (χ2v) is 2.59. The Labute approximate surface area is 44.2 Å². The van der Waals surface area contributed by atoms with Crippen molar-refractivity contribution < 1.29 is 0 Å². The third kappa shape index (κ3) is 0.625. The molecule has 1 rings (SSSR count). The summed E-state index contributed by atoms with van der Waals surface area (Å²) in [5, 5.41) is 0. The Morgan fingerprint density at radius 2 is 2.14 bits per heavy atom. The van der Waals surface area contributed by atoms with E-state index in [1.807, 2.05) is 0 Å². The number of hydrogen-bond donors (Lipinski definition) is 1. The quantitative estimate of drug-likeness (QED) is 0.523. The van der Waals surface area contributed by atoms with Crippen LogP contribution in [0.3, 0.4) is 0 Å². The first-order valence-corrected chi connectivity index (χ1v) is 2.60. The highest BCUT2D eigenvalue weighted by molar-refractivity contribution is 5.12. The highest BCUT2D eigenvalue weighted by Crippen LogP contribution is 2.48. The SMILES string of the molecule is C=C(N)C1(C)CC1. The van der Waals surface area contributed by atoms with Gasteiger partial charge in [-0.2, -0.15) is 0 Å². The zero-order valence-electron chi connectivity index (χ0n) is 4.70. The maximum atomic E-state index is 5.44. The van der Waals surface area contributed by atoms with Gasteiger partial charge in [0, 0.05) is 11.1 Å². The smallest absolute Gasteiger partial charge is 0.00676 e. The van der Waals surface area contributed by atoms with Crippen LogP contribution in [0.4, 0.5) is 0 Å². The Kier molecular flexibility index (Phi) is 0.689. The van der Waals surface area contributed by atoms with Gasteiger partial charge in [-0.05, 0) is 12.8 Å². The molecule has 40 valence electrons. The standard InChI is InChI=1S/C6H11N/c1-5(7)6(2)3-4-6/h1,3-4,7H2,2H3. The minimum Gasteiger partial charge on any atom is -0.402 e. The maximum Gasteiger partial charge on any atom is 0.00676 e. The van der Waals surface area contributed by atoms with Gasteiger partial charge in [0.25, 0.3) is 0 Å². The van der Waals surface area contributed by atoms with Gasteiger partial charge in [-0.1, -0.05) is 13.5 Å². The third-order valence-electron chi connectivity index (χ3n) is 1.78. The van der Waals surface area contributed by atoms with Crippen molar-refractivity contribution in [3.8, 4) is 0 Å². The van der Waals surface area contributed by atoms with Gasteiger partial charge >= 0.3 is 0 Å². The normalized spacial score (nSPS) is 24.1. The zero-order chi connectivity index (χ0) is 5.49. The summed E-state index contributed by atoms with van der Waals surface area (Å²) in [5.41, 5.74) is 6.62. The number of hydrogen-bond acceptors (Lipinski definition) is 1. The number of allylic oxidation sites excluding steroid dienone is 1. The fourth-order valence-electron chi connectivity index (χ4n) is 0.509. The monoisotopic (exact) mass is 97.1 g/mol. The lowest BCUT2D eigenvalue weighted by atomic mass is 10.1. The highest BCUT2D eigenvalue weighted by atomic mass is 14.7. The van der Waals surface area contributed by atoms with Gasteiger partial charge in [-0.15, -0.1) is 0 Å². The van der Waals surface area contributed by atoms with Gasteiger partial charge in [0.2, 0.25) is 0 Å². The lowest BCUT2D eigenvalue weighted by Crippen LogP contribution is -2.06. The lowest BCUT2D eigenvalue weighted by Gasteiger charge is -2.03. The van der Waals surface area contributed by atoms with Gasteiger partial charge in [-0.3, -0.25) is 0 Å². The molecule has 0 aromatic rings. The molecule has 0 aliphatic heterocycles. The second-order valence-electron chi connectivity index (χ2n) is 2.59. The third-order valence-corrected chi connectivity index (χ3v) is 1.78. The Morgan fingerprint density at radius 1 is 1.71 bits per heavy atom. The van der Waals surface area contributed by atoms with E-state index in [-0.39, 0.29) is 0 Å². The van der Waals surface area contributed by atoms with Crippen molar-refractivity contribution in [1.29, 1.82) is 0 Å². The molecule has 0 heterocycles. The molecule has 1 saturated carbocycles. The highest BCUT2D eigenvalue weighted by Gasteiger charge is 2.38. The first-order chi connectivity index (χ1) is 3.15. The minimum absolute atomic E-state index is 0.333. The topological polar surface area (TPSA) is 26.0 Å². The van der Waals surface area contributed by atoms with Gasteiger partial charge < -0.3 is 5.73 Å². The van der Waals surface area contributed by atoms with Crippen LogP contribution in [-0.2, 0) is 0 Å². The fraction of sp³-hybridized carbons (Fsp3) is 0.667. The Balaban J connectivity index is 2.55. The summed E-state index contributed by atoms with van der Waals surface area (Å²) < 4.78 is 0. The average Bonchev–Trinajstić information content (AvgIpc) is 2.21. The number of rotatable bonds is 1. The lowest BCUT2D eigenvalue weighted by molar-refractivity contribution is 0.682. The van der Waals surface area contributed by atoms with Crippen molar-refractivity contribution in [1.82, 2.24) is 0 Å². The van der Waals surface area contributed by atoms with Crippen molar-refractivity contribution in [2.24, 2.45) is 11.1 Å². The molecule has 1 nitrogen and oxygen atoms in total. The van der Waals surface area contributed by atoms with Crippen LogP contribution in [0.25, 0.3) is 0 Å². The van der Waals surface area contributed by atoms with E-state index in [0.29, 0.717) is 5.41 Å². The first-order valence-electron chi connectivity index (χ1n) is 2.60. The molecule has 0 atom stereocenters. The van der Waals surface area contributed by atoms with Crippen molar-refractivity contribution in [2.75, 3.05) is 0 Å². The van der Waals surface area contributed by atoms with E-state index in [0.717, 1.165) is 5.70 Å². The van der Waals surface area contributed by atoms with E-state index < -0.39 is 0 Å². The molecule has 0 aromatic carbocycles. The van der Waals surface area contributed by atoms with E-state index >= 15 is 0 Å². The van der Waals surface area contributed by atoms with Crippen LogP contribution in [0.5, 0.6) is 0 Å².